The molecule has 34 heavy (non-hydrogen) atoms. The van der Waals surface area contributed by atoms with E-state index in [9.17, 15) is 0 Å². The topological polar surface area (TPSA) is 4.93 Å². The lowest BCUT2D eigenvalue weighted by molar-refractivity contribution is 1.04. The van der Waals surface area contributed by atoms with E-state index in [4.69, 9.17) is 0 Å². The van der Waals surface area contributed by atoms with Crippen LogP contribution in [0.15, 0.2) is 91.0 Å². The van der Waals surface area contributed by atoms with Crippen molar-refractivity contribution >= 4 is 21.8 Å². The Kier molecular flexibility index (Phi) is 3.00. The number of hydrogen-bond donors (Lipinski definition) is 0. The predicted octanol–water partition coefficient (Wildman–Crippen LogP) is 7.83. The van der Waals surface area contributed by atoms with E-state index in [0.29, 0.717) is 0 Å². The quantitative estimate of drug-likeness (QED) is 0.231. The van der Waals surface area contributed by atoms with E-state index in [2.05, 4.69) is 95.6 Å². The largest absolute Gasteiger partial charge is 0.309 e. The molecule has 1 aromatic heterocycles. The third kappa shape index (κ3) is 1.94. The molecule has 0 fully saturated rings. The van der Waals surface area contributed by atoms with E-state index in [1.165, 1.54) is 72.0 Å². The van der Waals surface area contributed by atoms with Crippen molar-refractivity contribution in [3.8, 4) is 27.9 Å². The molecule has 2 aliphatic carbocycles. The monoisotopic (exact) mass is 431 g/mol. The Bertz CT molecular complexity index is 1880. The lowest BCUT2D eigenvalue weighted by Gasteiger charge is -2.20. The number of aromatic nitrogens is 1. The third-order valence-electron chi connectivity index (χ3n) is 8.51. The van der Waals surface area contributed by atoms with Crippen molar-refractivity contribution in [1.29, 1.82) is 0 Å². The second-order valence-electron chi connectivity index (χ2n) is 10.1. The molecule has 3 aliphatic rings. The zero-order chi connectivity index (χ0) is 22.0. The van der Waals surface area contributed by atoms with Crippen LogP contribution in [-0.4, -0.2) is 4.57 Å². The molecule has 0 N–H and O–H groups in total. The van der Waals surface area contributed by atoms with Gasteiger partial charge in [0.25, 0.3) is 0 Å². The van der Waals surface area contributed by atoms with E-state index in [1.54, 1.807) is 11.1 Å². The first kappa shape index (κ1) is 17.4. The average molecular weight is 432 g/mol. The van der Waals surface area contributed by atoms with E-state index in [-0.39, 0.29) is 0 Å². The Morgan fingerprint density at radius 2 is 1.18 bits per heavy atom. The molecule has 1 aliphatic heterocycles. The van der Waals surface area contributed by atoms with Gasteiger partial charge in [-0.3, -0.25) is 0 Å². The van der Waals surface area contributed by atoms with Gasteiger partial charge in [-0.05, 0) is 80.6 Å². The van der Waals surface area contributed by atoms with Crippen molar-refractivity contribution < 1.29 is 0 Å². The number of rotatable bonds is 0. The van der Waals surface area contributed by atoms with E-state index >= 15 is 0 Å². The lowest BCUT2D eigenvalue weighted by atomic mass is 9.96. The molecule has 2 heterocycles. The van der Waals surface area contributed by atoms with Crippen LogP contribution in [0, 0.1) is 0 Å². The van der Waals surface area contributed by atoms with Crippen molar-refractivity contribution in [3.63, 3.8) is 0 Å². The summed E-state index contributed by atoms with van der Waals surface area (Å²) >= 11 is 0. The first-order valence-corrected chi connectivity index (χ1v) is 12.3. The Labute approximate surface area is 197 Å². The summed E-state index contributed by atoms with van der Waals surface area (Å²) in [5.41, 5.74) is 18.7. The standard InChI is InChI=1S/C33H21N/c1-3-9-22-19(6-1)17-27-23(22)12-13-24-25-14-15-31-32(29(25)18-28(24)27)26-10-5-8-21-16-20-7-2-4-11-30(20)34(31)33(21)26/h1-15H,16-18H2. The van der Waals surface area contributed by atoms with Gasteiger partial charge in [0.05, 0.1) is 11.0 Å². The van der Waals surface area contributed by atoms with Crippen molar-refractivity contribution in [2.45, 2.75) is 19.3 Å². The molecule has 0 saturated carbocycles. The summed E-state index contributed by atoms with van der Waals surface area (Å²) in [6, 6.07) is 34.3. The molecular weight excluding hydrogens is 410 g/mol. The summed E-state index contributed by atoms with van der Waals surface area (Å²) in [6.07, 6.45) is 3.10. The van der Waals surface area contributed by atoms with Gasteiger partial charge in [-0.15, -0.1) is 0 Å². The van der Waals surface area contributed by atoms with Crippen molar-refractivity contribution in [3.05, 3.63) is 124 Å². The molecule has 9 rings (SSSR count). The lowest BCUT2D eigenvalue weighted by Crippen LogP contribution is -2.07. The van der Waals surface area contributed by atoms with Crippen molar-refractivity contribution in [2.24, 2.45) is 0 Å². The van der Waals surface area contributed by atoms with Crippen LogP contribution in [-0.2, 0) is 19.3 Å². The Morgan fingerprint density at radius 3 is 2.12 bits per heavy atom. The minimum atomic E-state index is 1.01. The number of fused-ring (bicyclic) bond motifs is 13. The normalized spacial score (nSPS) is 14.1. The van der Waals surface area contributed by atoms with Gasteiger partial charge in [0.15, 0.2) is 0 Å². The predicted molar refractivity (Wildman–Crippen MR) is 140 cm³/mol. The summed E-state index contributed by atoms with van der Waals surface area (Å²) in [7, 11) is 0. The van der Waals surface area contributed by atoms with Gasteiger partial charge in [0.1, 0.15) is 0 Å². The maximum Gasteiger partial charge on any atom is 0.0576 e. The summed E-state index contributed by atoms with van der Waals surface area (Å²) < 4.78 is 2.53. The van der Waals surface area contributed by atoms with E-state index in [0.717, 1.165) is 19.3 Å². The van der Waals surface area contributed by atoms with Crippen LogP contribution in [0.3, 0.4) is 0 Å². The number of para-hydroxylation sites is 2. The van der Waals surface area contributed by atoms with Gasteiger partial charge < -0.3 is 4.57 Å². The highest BCUT2D eigenvalue weighted by atomic mass is 15.0. The molecule has 1 heteroatoms. The number of nitrogens with zero attached hydrogens (tertiary/aromatic N) is 1. The Morgan fingerprint density at radius 1 is 0.471 bits per heavy atom. The van der Waals surface area contributed by atoms with Gasteiger partial charge in [0.2, 0.25) is 0 Å². The first-order chi connectivity index (χ1) is 16.9. The zero-order valence-electron chi connectivity index (χ0n) is 18.7. The first-order valence-electron chi connectivity index (χ1n) is 12.3. The van der Waals surface area contributed by atoms with Gasteiger partial charge in [-0.25, -0.2) is 0 Å². The molecular formula is C33H21N. The molecule has 0 radical (unpaired) electrons. The fourth-order valence-electron chi connectivity index (χ4n) is 7.12. The minimum absolute atomic E-state index is 1.01. The molecule has 0 spiro atoms. The van der Waals surface area contributed by atoms with Crippen LogP contribution in [0.4, 0.5) is 0 Å². The van der Waals surface area contributed by atoms with Gasteiger partial charge in [0, 0.05) is 22.9 Å². The molecule has 0 unspecified atom stereocenters. The van der Waals surface area contributed by atoms with Crippen molar-refractivity contribution in [1.82, 2.24) is 4.57 Å². The highest BCUT2D eigenvalue weighted by Gasteiger charge is 2.31. The summed E-state index contributed by atoms with van der Waals surface area (Å²) in [4.78, 5) is 0. The van der Waals surface area contributed by atoms with Crippen LogP contribution in [0.25, 0.3) is 49.7 Å². The smallest absolute Gasteiger partial charge is 0.0576 e. The molecule has 6 aromatic rings. The van der Waals surface area contributed by atoms with Crippen LogP contribution >= 0.6 is 0 Å². The second-order valence-corrected chi connectivity index (χ2v) is 10.1. The fraction of sp³-hybridized carbons (Fsp3) is 0.0909. The van der Waals surface area contributed by atoms with Gasteiger partial charge in [-0.1, -0.05) is 78.9 Å². The SMILES string of the molecule is c1ccc2c(c1)Cc1c-2ccc2c1Cc1c-2ccc2c1c1cccc3c1n2-c1ccccc1C3. The summed E-state index contributed by atoms with van der Waals surface area (Å²) in [6.45, 7) is 0. The molecule has 0 bridgehead atoms. The fourth-order valence-corrected chi connectivity index (χ4v) is 7.12. The summed E-state index contributed by atoms with van der Waals surface area (Å²) in [5.74, 6) is 0. The van der Waals surface area contributed by atoms with E-state index < -0.39 is 0 Å². The van der Waals surface area contributed by atoms with Gasteiger partial charge >= 0.3 is 0 Å². The molecule has 0 atom stereocenters. The summed E-state index contributed by atoms with van der Waals surface area (Å²) in [5, 5.41) is 2.86. The minimum Gasteiger partial charge on any atom is -0.309 e. The molecule has 158 valence electrons. The van der Waals surface area contributed by atoms with E-state index in [1.807, 2.05) is 0 Å². The molecule has 0 amide bonds. The number of hydrogen-bond acceptors (Lipinski definition) is 0. The average Bonchev–Trinajstić information content (AvgIpc) is 3.54. The van der Waals surface area contributed by atoms with Crippen LogP contribution in [0.2, 0.25) is 0 Å². The Hall–Kier alpha value is -4.10. The third-order valence-corrected chi connectivity index (χ3v) is 8.51. The molecule has 0 saturated heterocycles. The highest BCUT2D eigenvalue weighted by Crippen LogP contribution is 2.50. The maximum atomic E-state index is 2.53. The van der Waals surface area contributed by atoms with Crippen LogP contribution in [0.1, 0.15) is 33.4 Å². The van der Waals surface area contributed by atoms with Crippen molar-refractivity contribution in [2.75, 3.05) is 0 Å². The molecule has 5 aromatic carbocycles. The number of benzene rings is 5. The Balaban J connectivity index is 1.35. The second kappa shape index (κ2) is 5.87. The van der Waals surface area contributed by atoms with Crippen LogP contribution < -0.4 is 0 Å². The highest BCUT2D eigenvalue weighted by molar-refractivity contribution is 6.15. The zero-order valence-corrected chi connectivity index (χ0v) is 18.7. The molecule has 1 nitrogen and oxygen atoms in total. The van der Waals surface area contributed by atoms with Gasteiger partial charge in [-0.2, -0.15) is 0 Å². The maximum absolute atomic E-state index is 2.53. The van der Waals surface area contributed by atoms with Crippen LogP contribution in [0.5, 0.6) is 0 Å².